The number of nitrogens with zero attached hydrogens (tertiary/aromatic N) is 2. The van der Waals surface area contributed by atoms with Crippen LogP contribution in [0.5, 0.6) is 11.5 Å². The van der Waals surface area contributed by atoms with Gasteiger partial charge in [-0.1, -0.05) is 0 Å². The van der Waals surface area contributed by atoms with E-state index >= 15 is 0 Å². The minimum Gasteiger partial charge on any atom is -0.490 e. The van der Waals surface area contributed by atoms with Gasteiger partial charge in [0.15, 0.2) is 0 Å². The summed E-state index contributed by atoms with van der Waals surface area (Å²) in [6.07, 6.45) is 1.46. The van der Waals surface area contributed by atoms with E-state index in [1.54, 1.807) is 48.8 Å². The lowest BCUT2D eigenvalue weighted by molar-refractivity contribution is 0.0706. The number of nitrogens with one attached hydrogen (secondary N) is 2. The first-order valence-corrected chi connectivity index (χ1v) is 10.1. The van der Waals surface area contributed by atoms with E-state index in [2.05, 4.69) is 15.3 Å². The molecule has 0 unspecified atom stereocenters. The van der Waals surface area contributed by atoms with Crippen molar-refractivity contribution < 1.29 is 23.9 Å². The van der Waals surface area contributed by atoms with Crippen LogP contribution < -0.4 is 20.3 Å². The molecule has 1 heterocycles. The SMILES string of the molecule is Cc1cc(Nc2ncnc3ccc(OCCOc4ccc(C(=O)NO)cc4)cc23)ccc1F. The van der Waals surface area contributed by atoms with Gasteiger partial charge in [0.05, 0.1) is 5.52 Å². The Balaban J connectivity index is 1.39. The maximum atomic E-state index is 13.6. The van der Waals surface area contributed by atoms with Crippen molar-refractivity contribution in [3.8, 4) is 11.5 Å². The van der Waals surface area contributed by atoms with Crippen LogP contribution >= 0.6 is 0 Å². The van der Waals surface area contributed by atoms with Crippen molar-refractivity contribution in [2.24, 2.45) is 0 Å². The molecule has 1 amide bonds. The smallest absolute Gasteiger partial charge is 0.274 e. The molecule has 168 valence electrons. The molecular weight excluding hydrogens is 427 g/mol. The summed E-state index contributed by atoms with van der Waals surface area (Å²) >= 11 is 0. The molecule has 0 atom stereocenters. The molecule has 0 spiro atoms. The molecule has 3 aromatic carbocycles. The van der Waals surface area contributed by atoms with Crippen LogP contribution in [0.2, 0.25) is 0 Å². The third-order valence-electron chi connectivity index (χ3n) is 4.87. The Morgan fingerprint density at radius 2 is 1.70 bits per heavy atom. The molecule has 0 aliphatic heterocycles. The van der Waals surface area contributed by atoms with E-state index < -0.39 is 5.91 Å². The summed E-state index contributed by atoms with van der Waals surface area (Å²) in [7, 11) is 0. The number of amides is 1. The van der Waals surface area contributed by atoms with E-state index in [-0.39, 0.29) is 19.0 Å². The molecule has 9 heteroatoms. The van der Waals surface area contributed by atoms with Crippen molar-refractivity contribution in [1.29, 1.82) is 0 Å². The molecule has 0 saturated heterocycles. The molecule has 4 rings (SSSR count). The highest BCUT2D eigenvalue weighted by Crippen LogP contribution is 2.27. The molecule has 8 nitrogen and oxygen atoms in total. The Labute approximate surface area is 189 Å². The summed E-state index contributed by atoms with van der Waals surface area (Å²) in [6.45, 7) is 2.28. The molecule has 0 radical (unpaired) electrons. The van der Waals surface area contributed by atoms with Crippen LogP contribution in [0.25, 0.3) is 10.9 Å². The number of carbonyl (C=O) groups is 1. The Bertz CT molecular complexity index is 1280. The summed E-state index contributed by atoms with van der Waals surface area (Å²) in [5, 5.41) is 12.6. The second-order valence-corrected chi connectivity index (χ2v) is 7.15. The van der Waals surface area contributed by atoms with E-state index in [4.69, 9.17) is 14.7 Å². The zero-order valence-electron chi connectivity index (χ0n) is 17.7. The maximum Gasteiger partial charge on any atom is 0.274 e. The Hall–Kier alpha value is -4.24. The second kappa shape index (κ2) is 9.92. The molecule has 3 N–H and O–H groups in total. The van der Waals surface area contributed by atoms with Crippen molar-refractivity contribution in [1.82, 2.24) is 15.4 Å². The van der Waals surface area contributed by atoms with E-state index in [1.165, 1.54) is 12.4 Å². The number of hydrogen-bond donors (Lipinski definition) is 3. The zero-order chi connectivity index (χ0) is 23.2. The van der Waals surface area contributed by atoms with Gasteiger partial charge in [-0.3, -0.25) is 10.0 Å². The maximum absolute atomic E-state index is 13.6. The molecule has 0 bridgehead atoms. The van der Waals surface area contributed by atoms with Gasteiger partial charge in [0.2, 0.25) is 0 Å². The number of anilines is 2. The third kappa shape index (κ3) is 5.34. The fourth-order valence-corrected chi connectivity index (χ4v) is 3.17. The first-order valence-electron chi connectivity index (χ1n) is 10.1. The highest BCUT2D eigenvalue weighted by molar-refractivity contribution is 5.93. The molecule has 0 fully saturated rings. The number of aromatic nitrogens is 2. The second-order valence-electron chi connectivity index (χ2n) is 7.15. The summed E-state index contributed by atoms with van der Waals surface area (Å²) in [5.74, 6) is 0.918. The Morgan fingerprint density at radius 1 is 0.970 bits per heavy atom. The number of benzene rings is 3. The van der Waals surface area contributed by atoms with Crippen molar-refractivity contribution in [3.63, 3.8) is 0 Å². The predicted molar refractivity (Wildman–Crippen MR) is 121 cm³/mol. The summed E-state index contributed by atoms with van der Waals surface area (Å²) in [5.41, 5.74) is 3.89. The van der Waals surface area contributed by atoms with Gasteiger partial charge in [-0.15, -0.1) is 0 Å². The fraction of sp³-hybridized carbons (Fsp3) is 0.125. The number of ether oxygens (including phenoxy) is 2. The Morgan fingerprint density at radius 3 is 2.42 bits per heavy atom. The lowest BCUT2D eigenvalue weighted by atomic mass is 10.2. The van der Waals surface area contributed by atoms with E-state index in [1.807, 2.05) is 18.2 Å². The fourth-order valence-electron chi connectivity index (χ4n) is 3.17. The van der Waals surface area contributed by atoms with E-state index in [0.29, 0.717) is 28.4 Å². The molecule has 0 aliphatic rings. The number of fused-ring (bicyclic) bond motifs is 1. The van der Waals surface area contributed by atoms with Gasteiger partial charge in [0.25, 0.3) is 5.91 Å². The largest absolute Gasteiger partial charge is 0.490 e. The van der Waals surface area contributed by atoms with Gasteiger partial charge in [0, 0.05) is 16.6 Å². The number of rotatable bonds is 8. The number of carbonyl (C=O) groups excluding carboxylic acids is 1. The van der Waals surface area contributed by atoms with Gasteiger partial charge in [0.1, 0.15) is 42.7 Å². The zero-order valence-corrected chi connectivity index (χ0v) is 17.7. The van der Waals surface area contributed by atoms with Gasteiger partial charge in [-0.05, 0) is 73.2 Å². The predicted octanol–water partition coefficient (Wildman–Crippen LogP) is 4.40. The van der Waals surface area contributed by atoms with Crippen LogP contribution in [-0.4, -0.2) is 34.3 Å². The minimum atomic E-state index is -0.589. The van der Waals surface area contributed by atoms with Gasteiger partial charge in [-0.2, -0.15) is 0 Å². The Kier molecular flexibility index (Phi) is 6.61. The standard InChI is InChI=1S/C24H21FN4O4/c1-15-12-17(4-8-21(15)25)28-23-20-13-19(7-9-22(20)26-14-27-23)33-11-10-32-18-5-2-16(3-6-18)24(30)29-31/h2-9,12-14,31H,10-11H2,1H3,(H,29,30)(H,26,27,28). The van der Waals surface area contributed by atoms with Gasteiger partial charge in [-0.25, -0.2) is 19.8 Å². The number of aryl methyl sites for hydroxylation is 1. The van der Waals surface area contributed by atoms with Crippen LogP contribution in [0.3, 0.4) is 0 Å². The van der Waals surface area contributed by atoms with Gasteiger partial charge < -0.3 is 14.8 Å². The van der Waals surface area contributed by atoms with Crippen molar-refractivity contribution in [3.05, 3.63) is 83.9 Å². The van der Waals surface area contributed by atoms with Crippen LogP contribution in [0.1, 0.15) is 15.9 Å². The lowest BCUT2D eigenvalue weighted by Gasteiger charge is -2.12. The average Bonchev–Trinajstić information content (AvgIpc) is 2.84. The van der Waals surface area contributed by atoms with Crippen molar-refractivity contribution in [2.45, 2.75) is 6.92 Å². The highest BCUT2D eigenvalue weighted by Gasteiger charge is 2.08. The molecule has 4 aromatic rings. The molecule has 0 saturated carbocycles. The molecule has 0 aliphatic carbocycles. The third-order valence-corrected chi connectivity index (χ3v) is 4.87. The topological polar surface area (TPSA) is 106 Å². The minimum absolute atomic E-state index is 0.266. The first-order chi connectivity index (χ1) is 16.0. The number of halogens is 1. The van der Waals surface area contributed by atoms with Crippen molar-refractivity contribution in [2.75, 3.05) is 18.5 Å². The summed E-state index contributed by atoms with van der Waals surface area (Å²) in [4.78, 5) is 19.9. The normalized spacial score (nSPS) is 10.6. The summed E-state index contributed by atoms with van der Waals surface area (Å²) in [6, 6.07) is 16.6. The molecule has 33 heavy (non-hydrogen) atoms. The highest BCUT2D eigenvalue weighted by atomic mass is 19.1. The molecular formula is C24H21FN4O4. The van der Waals surface area contributed by atoms with Gasteiger partial charge >= 0.3 is 0 Å². The molecule has 1 aromatic heterocycles. The van der Waals surface area contributed by atoms with Crippen LogP contribution in [0, 0.1) is 12.7 Å². The number of hydrogen-bond acceptors (Lipinski definition) is 7. The van der Waals surface area contributed by atoms with Crippen LogP contribution in [-0.2, 0) is 0 Å². The quantitative estimate of drug-likeness (QED) is 0.208. The van der Waals surface area contributed by atoms with Crippen LogP contribution in [0.4, 0.5) is 15.9 Å². The first kappa shape index (κ1) is 22.0. The average molecular weight is 448 g/mol. The van der Waals surface area contributed by atoms with Crippen molar-refractivity contribution >= 4 is 28.3 Å². The van der Waals surface area contributed by atoms with E-state index in [0.717, 1.165) is 16.6 Å². The summed E-state index contributed by atoms with van der Waals surface area (Å²) < 4.78 is 25.0. The van der Waals surface area contributed by atoms with E-state index in [9.17, 15) is 9.18 Å². The lowest BCUT2D eigenvalue weighted by Crippen LogP contribution is -2.18. The monoisotopic (exact) mass is 448 g/mol. The van der Waals surface area contributed by atoms with Crippen LogP contribution in [0.15, 0.2) is 67.0 Å². The number of hydroxylamine groups is 1.